The summed E-state index contributed by atoms with van der Waals surface area (Å²) in [5.41, 5.74) is -0.630. The molecule has 3 nitrogen and oxygen atoms in total. The van der Waals surface area contributed by atoms with E-state index in [0.29, 0.717) is 6.42 Å². The highest BCUT2D eigenvalue weighted by molar-refractivity contribution is 5.75. The summed E-state index contributed by atoms with van der Waals surface area (Å²) in [6, 6.07) is 0. The molecule has 1 saturated carbocycles. The molecule has 12 heavy (non-hydrogen) atoms. The largest absolute Gasteiger partial charge is 0.481 e. The van der Waals surface area contributed by atoms with Crippen molar-refractivity contribution in [2.75, 3.05) is 6.61 Å². The lowest BCUT2D eigenvalue weighted by molar-refractivity contribution is -0.152. The molecule has 70 valence electrons. The van der Waals surface area contributed by atoms with E-state index < -0.39 is 11.4 Å². The molecule has 1 aliphatic carbocycles. The van der Waals surface area contributed by atoms with Gasteiger partial charge in [-0.3, -0.25) is 4.79 Å². The minimum atomic E-state index is -0.735. The predicted molar refractivity (Wildman–Crippen MR) is 44.8 cm³/mol. The Kier molecular flexibility index (Phi) is 2.73. The Balaban J connectivity index is 2.77. The lowest BCUT2D eigenvalue weighted by Crippen LogP contribution is -2.34. The van der Waals surface area contributed by atoms with Gasteiger partial charge in [-0.05, 0) is 25.2 Å². The van der Waals surface area contributed by atoms with E-state index in [1.54, 1.807) is 0 Å². The zero-order valence-electron chi connectivity index (χ0n) is 7.42. The fourth-order valence-corrected chi connectivity index (χ4v) is 2.24. The van der Waals surface area contributed by atoms with Crippen LogP contribution >= 0.6 is 0 Å². The van der Waals surface area contributed by atoms with E-state index in [4.69, 9.17) is 10.2 Å². The molecule has 0 bridgehead atoms. The van der Waals surface area contributed by atoms with Crippen molar-refractivity contribution >= 4 is 5.97 Å². The molecular formula is C9H16O3. The van der Waals surface area contributed by atoms with Gasteiger partial charge in [0.1, 0.15) is 0 Å². The highest BCUT2D eigenvalue weighted by atomic mass is 16.4. The molecule has 0 aromatic heterocycles. The van der Waals surface area contributed by atoms with Crippen molar-refractivity contribution in [3.05, 3.63) is 0 Å². The third kappa shape index (κ3) is 1.33. The third-order valence-corrected chi connectivity index (χ3v) is 3.19. The molecule has 1 rings (SSSR count). The van der Waals surface area contributed by atoms with Crippen molar-refractivity contribution in [1.82, 2.24) is 0 Å². The first-order valence-corrected chi connectivity index (χ1v) is 4.48. The van der Waals surface area contributed by atoms with Crippen LogP contribution in [0.25, 0.3) is 0 Å². The average molecular weight is 172 g/mol. The minimum absolute atomic E-state index is 0.0172. The molecule has 0 aliphatic heterocycles. The molecule has 3 heteroatoms. The number of hydrogen-bond donors (Lipinski definition) is 2. The summed E-state index contributed by atoms with van der Waals surface area (Å²) in [7, 11) is 0. The monoisotopic (exact) mass is 172 g/mol. The van der Waals surface area contributed by atoms with E-state index in [2.05, 4.69) is 0 Å². The van der Waals surface area contributed by atoms with E-state index in [9.17, 15) is 4.79 Å². The first-order valence-electron chi connectivity index (χ1n) is 4.48. The summed E-state index contributed by atoms with van der Waals surface area (Å²) in [6.07, 6.45) is 3.09. The first kappa shape index (κ1) is 9.52. The number of aliphatic carboxylic acids is 1. The van der Waals surface area contributed by atoms with Gasteiger partial charge in [0, 0.05) is 6.61 Å². The number of carboxylic acids is 1. The van der Waals surface area contributed by atoms with E-state index in [-0.39, 0.29) is 12.5 Å². The van der Waals surface area contributed by atoms with Gasteiger partial charge in [-0.1, -0.05) is 13.3 Å². The van der Waals surface area contributed by atoms with Crippen LogP contribution in [0.5, 0.6) is 0 Å². The second-order valence-corrected chi connectivity index (χ2v) is 3.73. The van der Waals surface area contributed by atoms with Gasteiger partial charge in [-0.25, -0.2) is 0 Å². The molecule has 0 heterocycles. The summed E-state index contributed by atoms with van der Waals surface area (Å²) >= 11 is 0. The van der Waals surface area contributed by atoms with Crippen LogP contribution in [0.4, 0.5) is 0 Å². The predicted octanol–water partition coefficient (Wildman–Crippen LogP) is 1.26. The summed E-state index contributed by atoms with van der Waals surface area (Å²) in [4.78, 5) is 11.0. The van der Waals surface area contributed by atoms with Crippen molar-refractivity contribution < 1.29 is 15.0 Å². The number of rotatable bonds is 3. The van der Waals surface area contributed by atoms with Crippen LogP contribution in [0.15, 0.2) is 0 Å². The molecule has 2 atom stereocenters. The number of aliphatic hydroxyl groups excluding tert-OH is 1. The SMILES string of the molecule is CC1CCCC1(CCO)C(=O)O. The zero-order chi connectivity index (χ0) is 9.19. The maximum atomic E-state index is 11.0. The van der Waals surface area contributed by atoms with Crippen molar-refractivity contribution in [2.24, 2.45) is 11.3 Å². The van der Waals surface area contributed by atoms with Crippen LogP contribution in [0.1, 0.15) is 32.6 Å². The molecule has 2 N–H and O–H groups in total. The summed E-state index contributed by atoms with van der Waals surface area (Å²) < 4.78 is 0. The van der Waals surface area contributed by atoms with Crippen LogP contribution in [-0.2, 0) is 4.79 Å². The maximum absolute atomic E-state index is 11.0. The maximum Gasteiger partial charge on any atom is 0.309 e. The second-order valence-electron chi connectivity index (χ2n) is 3.73. The molecule has 0 aromatic carbocycles. The van der Waals surface area contributed by atoms with Crippen molar-refractivity contribution in [3.63, 3.8) is 0 Å². The lowest BCUT2D eigenvalue weighted by Gasteiger charge is -2.27. The standard InChI is InChI=1S/C9H16O3/c1-7-3-2-4-9(7,5-6-10)8(11)12/h7,10H,2-6H2,1H3,(H,11,12). The summed E-state index contributed by atoms with van der Waals surface area (Å²) in [6.45, 7) is 1.95. The second kappa shape index (κ2) is 3.44. The lowest BCUT2D eigenvalue weighted by atomic mass is 9.76. The van der Waals surface area contributed by atoms with Crippen molar-refractivity contribution in [3.8, 4) is 0 Å². The van der Waals surface area contributed by atoms with Crippen LogP contribution in [0.2, 0.25) is 0 Å². The van der Waals surface area contributed by atoms with E-state index >= 15 is 0 Å². The Morgan fingerprint density at radius 2 is 2.33 bits per heavy atom. The Bertz CT molecular complexity index is 179. The van der Waals surface area contributed by atoms with Crippen LogP contribution in [0, 0.1) is 11.3 Å². The number of hydrogen-bond acceptors (Lipinski definition) is 2. The Labute approximate surface area is 72.4 Å². The normalized spacial score (nSPS) is 35.3. The summed E-state index contributed by atoms with van der Waals surface area (Å²) in [5.74, 6) is -0.524. The highest BCUT2D eigenvalue weighted by Gasteiger charge is 2.46. The van der Waals surface area contributed by atoms with Gasteiger partial charge in [0.05, 0.1) is 5.41 Å². The molecule has 0 radical (unpaired) electrons. The Morgan fingerprint density at radius 3 is 2.67 bits per heavy atom. The number of aliphatic hydroxyl groups is 1. The topological polar surface area (TPSA) is 57.5 Å². The smallest absolute Gasteiger partial charge is 0.309 e. The fraction of sp³-hybridized carbons (Fsp3) is 0.889. The molecule has 2 unspecified atom stereocenters. The first-order chi connectivity index (χ1) is 5.63. The van der Waals surface area contributed by atoms with Gasteiger partial charge < -0.3 is 10.2 Å². The quantitative estimate of drug-likeness (QED) is 0.673. The van der Waals surface area contributed by atoms with Crippen molar-refractivity contribution in [1.29, 1.82) is 0 Å². The van der Waals surface area contributed by atoms with Crippen LogP contribution in [0.3, 0.4) is 0 Å². The molecular weight excluding hydrogens is 156 g/mol. The highest BCUT2D eigenvalue weighted by Crippen LogP contribution is 2.45. The molecule has 0 spiro atoms. The van der Waals surface area contributed by atoms with Gasteiger partial charge in [0.15, 0.2) is 0 Å². The Hall–Kier alpha value is -0.570. The van der Waals surface area contributed by atoms with E-state index in [1.165, 1.54) is 0 Å². The summed E-state index contributed by atoms with van der Waals surface area (Å²) in [5, 5.41) is 17.8. The average Bonchev–Trinajstić information content (AvgIpc) is 2.34. The fourth-order valence-electron chi connectivity index (χ4n) is 2.24. The van der Waals surface area contributed by atoms with E-state index in [1.807, 2.05) is 6.92 Å². The Morgan fingerprint density at radius 1 is 1.67 bits per heavy atom. The molecule has 1 aliphatic rings. The minimum Gasteiger partial charge on any atom is -0.481 e. The van der Waals surface area contributed by atoms with Gasteiger partial charge in [-0.2, -0.15) is 0 Å². The van der Waals surface area contributed by atoms with Gasteiger partial charge in [0.25, 0.3) is 0 Å². The zero-order valence-corrected chi connectivity index (χ0v) is 7.42. The van der Waals surface area contributed by atoms with Gasteiger partial charge in [0.2, 0.25) is 0 Å². The molecule has 0 aromatic rings. The molecule has 1 fully saturated rings. The van der Waals surface area contributed by atoms with Crippen LogP contribution in [-0.4, -0.2) is 22.8 Å². The van der Waals surface area contributed by atoms with Gasteiger partial charge >= 0.3 is 5.97 Å². The third-order valence-electron chi connectivity index (χ3n) is 3.19. The number of carbonyl (C=O) groups is 1. The number of carboxylic acid groups (broad SMARTS) is 1. The molecule has 0 amide bonds. The van der Waals surface area contributed by atoms with Gasteiger partial charge in [-0.15, -0.1) is 0 Å². The van der Waals surface area contributed by atoms with Crippen LogP contribution < -0.4 is 0 Å². The van der Waals surface area contributed by atoms with E-state index in [0.717, 1.165) is 19.3 Å². The molecule has 0 saturated heterocycles. The van der Waals surface area contributed by atoms with Crippen molar-refractivity contribution in [2.45, 2.75) is 32.6 Å².